The van der Waals surface area contributed by atoms with E-state index in [9.17, 15) is 4.79 Å². The van der Waals surface area contributed by atoms with Crippen LogP contribution < -0.4 is 0 Å². The lowest BCUT2D eigenvalue weighted by Crippen LogP contribution is -2.50. The Bertz CT molecular complexity index is 678. The second kappa shape index (κ2) is 6.24. The normalized spacial score (nSPS) is 21.5. The molecule has 1 saturated heterocycles. The first kappa shape index (κ1) is 16.5. The Morgan fingerprint density at radius 1 is 1.52 bits per heavy atom. The predicted octanol–water partition coefficient (Wildman–Crippen LogP) is 3.36. The summed E-state index contributed by atoms with van der Waals surface area (Å²) in [6, 6.07) is 2.01. The Kier molecular flexibility index (Phi) is 4.47. The Balaban J connectivity index is 1.94. The van der Waals surface area contributed by atoms with Crippen molar-refractivity contribution in [3.63, 3.8) is 0 Å². The summed E-state index contributed by atoms with van der Waals surface area (Å²) in [6.07, 6.45) is 4.15. The van der Waals surface area contributed by atoms with Crippen LogP contribution in [0.15, 0.2) is 6.07 Å². The van der Waals surface area contributed by atoms with Gasteiger partial charge >= 0.3 is 0 Å². The highest BCUT2D eigenvalue weighted by atomic mass is 32.1. The molecular weight excluding hydrogens is 310 g/mol. The summed E-state index contributed by atoms with van der Waals surface area (Å²) in [5.74, 6) is 0.147. The third kappa shape index (κ3) is 2.68. The number of aromatic nitrogens is 2. The second-order valence-corrected chi connectivity index (χ2v) is 7.54. The molecule has 0 spiro atoms. The summed E-state index contributed by atoms with van der Waals surface area (Å²) in [6.45, 7) is 5.62. The Labute approximate surface area is 141 Å². The highest BCUT2D eigenvalue weighted by molar-refractivity contribution is 7.20. The van der Waals surface area contributed by atoms with Crippen molar-refractivity contribution in [3.05, 3.63) is 16.6 Å². The number of methoxy groups -OCH3 is 1. The van der Waals surface area contributed by atoms with Crippen molar-refractivity contribution >= 4 is 27.5 Å². The topological polar surface area (TPSA) is 47.4 Å². The number of thiophene rings is 1. The molecule has 0 aromatic carbocycles. The van der Waals surface area contributed by atoms with Crippen molar-refractivity contribution < 1.29 is 9.53 Å². The van der Waals surface area contributed by atoms with E-state index in [0.29, 0.717) is 6.61 Å². The molecule has 0 aliphatic carbocycles. The van der Waals surface area contributed by atoms with Gasteiger partial charge in [0, 0.05) is 26.1 Å². The van der Waals surface area contributed by atoms with Crippen LogP contribution in [-0.2, 0) is 11.8 Å². The number of carbonyl (C=O) groups excluding carboxylic acids is 1. The third-order valence-corrected chi connectivity index (χ3v) is 6.07. The molecule has 3 heterocycles. The molecule has 1 fully saturated rings. The van der Waals surface area contributed by atoms with Gasteiger partial charge in [-0.05, 0) is 32.3 Å². The molecule has 0 N–H and O–H groups in total. The van der Waals surface area contributed by atoms with Gasteiger partial charge in [0.1, 0.15) is 4.83 Å². The zero-order valence-electron chi connectivity index (χ0n) is 14.4. The zero-order chi connectivity index (χ0) is 16.6. The molecule has 2 aromatic rings. The molecule has 5 nitrogen and oxygen atoms in total. The highest BCUT2D eigenvalue weighted by Crippen LogP contribution is 2.37. The van der Waals surface area contributed by atoms with E-state index in [2.05, 4.69) is 16.9 Å². The molecular formula is C17H25N3O2S. The van der Waals surface area contributed by atoms with Crippen LogP contribution in [0.2, 0.25) is 0 Å². The van der Waals surface area contributed by atoms with Crippen LogP contribution >= 0.6 is 11.3 Å². The lowest BCUT2D eigenvalue weighted by atomic mass is 9.91. The van der Waals surface area contributed by atoms with E-state index in [0.717, 1.165) is 53.0 Å². The van der Waals surface area contributed by atoms with Crippen LogP contribution in [0.25, 0.3) is 10.2 Å². The van der Waals surface area contributed by atoms with E-state index in [1.807, 2.05) is 24.7 Å². The minimum atomic E-state index is -0.135. The van der Waals surface area contributed by atoms with E-state index in [-0.39, 0.29) is 11.4 Å². The minimum Gasteiger partial charge on any atom is -0.382 e. The fourth-order valence-electron chi connectivity index (χ4n) is 3.92. The minimum absolute atomic E-state index is 0.135. The summed E-state index contributed by atoms with van der Waals surface area (Å²) < 4.78 is 7.34. The number of carbonyl (C=O) groups is 1. The monoisotopic (exact) mass is 335 g/mol. The maximum absolute atomic E-state index is 13.2. The van der Waals surface area contributed by atoms with Crippen molar-refractivity contribution in [1.29, 1.82) is 0 Å². The van der Waals surface area contributed by atoms with E-state index in [1.54, 1.807) is 18.4 Å². The summed E-state index contributed by atoms with van der Waals surface area (Å²) in [7, 11) is 3.66. The van der Waals surface area contributed by atoms with Gasteiger partial charge in [0.25, 0.3) is 5.91 Å². The Morgan fingerprint density at radius 3 is 2.96 bits per heavy atom. The highest BCUT2D eigenvalue weighted by Gasteiger charge is 2.43. The van der Waals surface area contributed by atoms with Gasteiger partial charge in [-0.25, -0.2) is 0 Å². The van der Waals surface area contributed by atoms with Crippen molar-refractivity contribution in [3.8, 4) is 0 Å². The summed E-state index contributed by atoms with van der Waals surface area (Å²) >= 11 is 1.55. The molecule has 6 heteroatoms. The molecule has 23 heavy (non-hydrogen) atoms. The van der Waals surface area contributed by atoms with Gasteiger partial charge in [-0.2, -0.15) is 5.10 Å². The first-order chi connectivity index (χ1) is 11.0. The maximum Gasteiger partial charge on any atom is 0.264 e. The Morgan fingerprint density at radius 2 is 2.30 bits per heavy atom. The molecule has 0 saturated carbocycles. The van der Waals surface area contributed by atoms with Crippen LogP contribution in [-0.4, -0.2) is 46.4 Å². The summed E-state index contributed by atoms with van der Waals surface area (Å²) in [5, 5.41) is 5.51. The van der Waals surface area contributed by atoms with Crippen LogP contribution in [0.4, 0.5) is 0 Å². The summed E-state index contributed by atoms with van der Waals surface area (Å²) in [5.41, 5.74) is 0.847. The van der Waals surface area contributed by atoms with Gasteiger partial charge in [0.2, 0.25) is 0 Å². The Hall–Kier alpha value is -1.40. The molecule has 1 unspecified atom stereocenters. The first-order valence-corrected chi connectivity index (χ1v) is 9.08. The van der Waals surface area contributed by atoms with Crippen LogP contribution in [0.3, 0.4) is 0 Å². The molecule has 0 bridgehead atoms. The molecule has 1 aliphatic rings. The molecule has 1 aliphatic heterocycles. The molecule has 1 atom stereocenters. The van der Waals surface area contributed by atoms with Gasteiger partial charge in [-0.3, -0.25) is 9.48 Å². The van der Waals surface area contributed by atoms with Gasteiger partial charge in [-0.15, -0.1) is 11.3 Å². The van der Waals surface area contributed by atoms with Gasteiger partial charge in [-0.1, -0.05) is 13.3 Å². The standard InChI is InChI=1S/C17H25N3O2S/c1-5-7-17(11-22-4)8-6-9-20(17)15(21)14-10-13-12(2)18-19(3)16(13)23-14/h10H,5-9,11H2,1-4H3. The fourth-order valence-corrected chi connectivity index (χ4v) is 4.99. The number of amides is 1. The smallest absolute Gasteiger partial charge is 0.264 e. The lowest BCUT2D eigenvalue weighted by molar-refractivity contribution is 0.0258. The number of nitrogens with zero attached hydrogens (tertiary/aromatic N) is 3. The molecule has 126 valence electrons. The number of aryl methyl sites for hydroxylation is 2. The van der Waals surface area contributed by atoms with Crippen molar-refractivity contribution in [2.45, 2.75) is 45.1 Å². The van der Waals surface area contributed by atoms with E-state index in [1.165, 1.54) is 0 Å². The number of likely N-dealkylation sites (tertiary alicyclic amines) is 1. The average Bonchev–Trinajstić information content (AvgIpc) is 3.17. The van der Waals surface area contributed by atoms with Crippen molar-refractivity contribution in [2.75, 3.05) is 20.3 Å². The number of hydrogen-bond donors (Lipinski definition) is 0. The number of rotatable bonds is 5. The van der Waals surface area contributed by atoms with E-state index < -0.39 is 0 Å². The lowest BCUT2D eigenvalue weighted by Gasteiger charge is -2.38. The van der Waals surface area contributed by atoms with Crippen LogP contribution in [0.1, 0.15) is 48.0 Å². The van der Waals surface area contributed by atoms with E-state index >= 15 is 0 Å². The van der Waals surface area contributed by atoms with Gasteiger partial charge in [0.15, 0.2) is 0 Å². The fraction of sp³-hybridized carbons (Fsp3) is 0.647. The van der Waals surface area contributed by atoms with Crippen molar-refractivity contribution in [2.24, 2.45) is 7.05 Å². The molecule has 1 amide bonds. The van der Waals surface area contributed by atoms with Gasteiger partial charge < -0.3 is 9.64 Å². The number of fused-ring (bicyclic) bond motifs is 1. The summed E-state index contributed by atoms with van der Waals surface area (Å²) in [4.78, 5) is 17.1. The van der Waals surface area contributed by atoms with E-state index in [4.69, 9.17) is 4.74 Å². The average molecular weight is 335 g/mol. The van der Waals surface area contributed by atoms with Crippen LogP contribution in [0, 0.1) is 6.92 Å². The molecule has 2 aromatic heterocycles. The largest absolute Gasteiger partial charge is 0.382 e. The number of ether oxygens (including phenoxy) is 1. The SMILES string of the molecule is CCCC1(COC)CCCN1C(=O)c1cc2c(C)nn(C)c2s1. The van der Waals surface area contributed by atoms with Gasteiger partial charge in [0.05, 0.1) is 22.7 Å². The third-order valence-electron chi connectivity index (χ3n) is 4.88. The quantitative estimate of drug-likeness (QED) is 0.842. The maximum atomic E-state index is 13.2. The first-order valence-electron chi connectivity index (χ1n) is 8.26. The van der Waals surface area contributed by atoms with Crippen LogP contribution in [0.5, 0.6) is 0 Å². The van der Waals surface area contributed by atoms with Crippen molar-refractivity contribution in [1.82, 2.24) is 14.7 Å². The number of hydrogen-bond acceptors (Lipinski definition) is 4. The molecule has 3 rings (SSSR count). The zero-order valence-corrected chi connectivity index (χ0v) is 15.2. The molecule has 0 radical (unpaired) electrons. The predicted molar refractivity (Wildman–Crippen MR) is 93.1 cm³/mol. The second-order valence-electron chi connectivity index (χ2n) is 6.51.